The van der Waals surface area contributed by atoms with Gasteiger partial charge in [0.1, 0.15) is 11.5 Å². The Morgan fingerprint density at radius 1 is 1.40 bits per heavy atom. The molecule has 104 valence electrons. The summed E-state index contributed by atoms with van der Waals surface area (Å²) < 4.78 is 11.0. The van der Waals surface area contributed by atoms with Gasteiger partial charge in [0.15, 0.2) is 0 Å². The Kier molecular flexibility index (Phi) is 3.41. The van der Waals surface area contributed by atoms with E-state index in [0.29, 0.717) is 18.5 Å². The molecule has 1 aromatic carbocycles. The molecule has 20 heavy (non-hydrogen) atoms. The van der Waals surface area contributed by atoms with E-state index in [1.807, 2.05) is 18.2 Å². The molecule has 0 fully saturated rings. The zero-order chi connectivity index (χ0) is 13.9. The summed E-state index contributed by atoms with van der Waals surface area (Å²) in [5.74, 6) is 2.48. The number of hydrogen-bond acceptors (Lipinski definition) is 5. The van der Waals surface area contributed by atoms with E-state index in [1.54, 1.807) is 13.3 Å². The number of anilines is 1. The molecule has 1 atom stereocenters. The first kappa shape index (κ1) is 12.7. The first-order chi connectivity index (χ1) is 9.74. The van der Waals surface area contributed by atoms with Gasteiger partial charge in [-0.1, -0.05) is 6.07 Å². The summed E-state index contributed by atoms with van der Waals surface area (Å²) in [6.45, 7) is 0.685. The molecular weight excluding hydrogens is 254 g/mol. The standard InChI is InChI=1S/C15H17N3O2/c1-19-13-3-2-11-6-10(9-20-14(11)8-13)7-12-4-5-17-15(16)18-12/h2-5,8,10H,6-7,9H2,1H3,(H2,16,17,18). The Balaban J connectivity index is 1.72. The van der Waals surface area contributed by atoms with Crippen molar-refractivity contribution in [2.75, 3.05) is 19.5 Å². The van der Waals surface area contributed by atoms with E-state index in [0.717, 1.165) is 30.0 Å². The molecule has 2 aromatic rings. The number of nitrogens with two attached hydrogens (primary N) is 1. The third-order valence-corrected chi connectivity index (χ3v) is 3.49. The van der Waals surface area contributed by atoms with Crippen molar-refractivity contribution in [1.29, 1.82) is 0 Å². The molecule has 0 spiro atoms. The Morgan fingerprint density at radius 2 is 2.30 bits per heavy atom. The Morgan fingerprint density at radius 3 is 3.10 bits per heavy atom. The van der Waals surface area contributed by atoms with Crippen molar-refractivity contribution in [2.45, 2.75) is 12.8 Å². The van der Waals surface area contributed by atoms with Gasteiger partial charge in [-0.05, 0) is 30.5 Å². The van der Waals surface area contributed by atoms with Gasteiger partial charge in [-0.3, -0.25) is 0 Å². The van der Waals surface area contributed by atoms with Crippen molar-refractivity contribution < 1.29 is 9.47 Å². The van der Waals surface area contributed by atoms with Gasteiger partial charge in [0, 0.05) is 23.9 Å². The van der Waals surface area contributed by atoms with E-state index in [1.165, 1.54) is 5.56 Å². The van der Waals surface area contributed by atoms with E-state index in [9.17, 15) is 0 Å². The highest BCUT2D eigenvalue weighted by molar-refractivity contribution is 5.42. The monoisotopic (exact) mass is 271 g/mol. The lowest BCUT2D eigenvalue weighted by atomic mass is 9.92. The average molecular weight is 271 g/mol. The molecule has 2 heterocycles. The molecular formula is C15H17N3O2. The molecule has 0 radical (unpaired) electrons. The number of methoxy groups -OCH3 is 1. The van der Waals surface area contributed by atoms with E-state index in [4.69, 9.17) is 15.2 Å². The summed E-state index contributed by atoms with van der Waals surface area (Å²) >= 11 is 0. The third kappa shape index (κ3) is 2.66. The number of rotatable bonds is 3. The molecule has 0 aliphatic carbocycles. The minimum absolute atomic E-state index is 0.323. The summed E-state index contributed by atoms with van der Waals surface area (Å²) in [6.07, 6.45) is 3.52. The maximum absolute atomic E-state index is 5.83. The molecule has 1 aliphatic rings. The van der Waals surface area contributed by atoms with Crippen LogP contribution in [0.1, 0.15) is 11.3 Å². The summed E-state index contributed by atoms with van der Waals surface area (Å²) in [5.41, 5.74) is 7.78. The van der Waals surface area contributed by atoms with E-state index < -0.39 is 0 Å². The molecule has 1 aliphatic heterocycles. The SMILES string of the molecule is COc1ccc2c(c1)OCC(Cc1ccnc(N)n1)C2. The number of nitrogens with zero attached hydrogens (tertiary/aromatic N) is 2. The van der Waals surface area contributed by atoms with Crippen LogP contribution in [0.2, 0.25) is 0 Å². The predicted octanol–water partition coefficient (Wildman–Crippen LogP) is 1.86. The van der Waals surface area contributed by atoms with Crippen LogP contribution in [-0.2, 0) is 12.8 Å². The molecule has 0 bridgehead atoms. The van der Waals surface area contributed by atoms with Gasteiger partial charge < -0.3 is 15.2 Å². The molecule has 0 saturated carbocycles. The maximum atomic E-state index is 5.83. The van der Waals surface area contributed by atoms with Crippen LogP contribution in [0, 0.1) is 5.92 Å². The van der Waals surface area contributed by atoms with Crippen LogP contribution in [0.4, 0.5) is 5.95 Å². The summed E-state index contributed by atoms with van der Waals surface area (Å²) in [7, 11) is 1.66. The van der Waals surface area contributed by atoms with Crippen LogP contribution in [0.5, 0.6) is 11.5 Å². The van der Waals surface area contributed by atoms with Gasteiger partial charge in [-0.25, -0.2) is 9.97 Å². The molecule has 5 nitrogen and oxygen atoms in total. The highest BCUT2D eigenvalue weighted by Gasteiger charge is 2.21. The summed E-state index contributed by atoms with van der Waals surface area (Å²) in [5, 5.41) is 0. The molecule has 0 saturated heterocycles. The Hall–Kier alpha value is -2.30. The lowest BCUT2D eigenvalue weighted by molar-refractivity contribution is 0.219. The van der Waals surface area contributed by atoms with Crippen molar-refractivity contribution >= 4 is 5.95 Å². The van der Waals surface area contributed by atoms with E-state index in [2.05, 4.69) is 16.0 Å². The number of nitrogen functional groups attached to an aromatic ring is 1. The minimum Gasteiger partial charge on any atom is -0.497 e. The first-order valence-electron chi connectivity index (χ1n) is 6.61. The first-order valence-corrected chi connectivity index (χ1v) is 6.61. The fourth-order valence-electron chi connectivity index (χ4n) is 2.50. The number of hydrogen-bond donors (Lipinski definition) is 1. The Labute approximate surface area is 117 Å². The topological polar surface area (TPSA) is 70.3 Å². The fourth-order valence-corrected chi connectivity index (χ4v) is 2.50. The fraction of sp³-hybridized carbons (Fsp3) is 0.333. The van der Waals surface area contributed by atoms with Gasteiger partial charge >= 0.3 is 0 Å². The normalized spacial score (nSPS) is 17.1. The predicted molar refractivity (Wildman–Crippen MR) is 75.8 cm³/mol. The minimum atomic E-state index is 0.323. The summed E-state index contributed by atoms with van der Waals surface area (Å²) in [4.78, 5) is 8.15. The lowest BCUT2D eigenvalue weighted by Gasteiger charge is -2.25. The van der Waals surface area contributed by atoms with Gasteiger partial charge in [-0.2, -0.15) is 0 Å². The number of aromatic nitrogens is 2. The highest BCUT2D eigenvalue weighted by atomic mass is 16.5. The Bertz CT molecular complexity index is 616. The zero-order valence-electron chi connectivity index (χ0n) is 11.4. The maximum Gasteiger partial charge on any atom is 0.220 e. The largest absolute Gasteiger partial charge is 0.497 e. The van der Waals surface area contributed by atoms with Crippen molar-refractivity contribution in [3.63, 3.8) is 0 Å². The van der Waals surface area contributed by atoms with Crippen LogP contribution in [0.25, 0.3) is 0 Å². The van der Waals surface area contributed by atoms with Crippen LogP contribution in [-0.4, -0.2) is 23.7 Å². The van der Waals surface area contributed by atoms with Crippen molar-refractivity contribution in [3.05, 3.63) is 41.7 Å². The van der Waals surface area contributed by atoms with E-state index >= 15 is 0 Å². The van der Waals surface area contributed by atoms with Crippen molar-refractivity contribution in [1.82, 2.24) is 9.97 Å². The molecule has 5 heteroatoms. The zero-order valence-corrected chi connectivity index (χ0v) is 11.4. The van der Waals surface area contributed by atoms with E-state index in [-0.39, 0.29) is 0 Å². The van der Waals surface area contributed by atoms with Crippen molar-refractivity contribution in [2.24, 2.45) is 5.92 Å². The van der Waals surface area contributed by atoms with Crippen molar-refractivity contribution in [3.8, 4) is 11.5 Å². The summed E-state index contributed by atoms with van der Waals surface area (Å²) in [6, 6.07) is 7.87. The van der Waals surface area contributed by atoms with Gasteiger partial charge in [0.2, 0.25) is 5.95 Å². The molecule has 1 unspecified atom stereocenters. The lowest BCUT2D eigenvalue weighted by Crippen LogP contribution is -2.23. The third-order valence-electron chi connectivity index (χ3n) is 3.49. The molecule has 0 amide bonds. The van der Waals surface area contributed by atoms with Gasteiger partial charge in [0.05, 0.1) is 13.7 Å². The van der Waals surface area contributed by atoms with Crippen LogP contribution >= 0.6 is 0 Å². The smallest absolute Gasteiger partial charge is 0.220 e. The quantitative estimate of drug-likeness (QED) is 0.922. The molecule has 1 aromatic heterocycles. The number of ether oxygens (including phenoxy) is 2. The van der Waals surface area contributed by atoms with Gasteiger partial charge in [0.25, 0.3) is 0 Å². The second kappa shape index (κ2) is 5.36. The van der Waals surface area contributed by atoms with Crippen LogP contribution < -0.4 is 15.2 Å². The average Bonchev–Trinajstić information content (AvgIpc) is 2.47. The molecule has 3 rings (SSSR count). The number of benzene rings is 1. The second-order valence-corrected chi connectivity index (χ2v) is 4.97. The van der Waals surface area contributed by atoms with Crippen LogP contribution in [0.15, 0.2) is 30.5 Å². The van der Waals surface area contributed by atoms with Crippen LogP contribution in [0.3, 0.4) is 0 Å². The highest BCUT2D eigenvalue weighted by Crippen LogP contribution is 2.31. The second-order valence-electron chi connectivity index (χ2n) is 4.97. The number of fused-ring (bicyclic) bond motifs is 1. The van der Waals surface area contributed by atoms with Gasteiger partial charge in [-0.15, -0.1) is 0 Å². The molecule has 2 N–H and O–H groups in total.